The molecule has 0 aliphatic carbocycles. The first kappa shape index (κ1) is 38.2. The number of carbonyl (C=O) groups is 3. The molecule has 298 valence electrons. The highest BCUT2D eigenvalue weighted by atomic mass is 16.5. The number of H-pyrrole nitrogens is 2. The monoisotopic (exact) mass is 806 g/mol. The molecule has 5 heterocycles. The van der Waals surface area contributed by atoms with Gasteiger partial charge >= 0.3 is 17.9 Å². The van der Waals surface area contributed by atoms with E-state index in [-0.39, 0.29) is 29.9 Å². The zero-order valence-corrected chi connectivity index (χ0v) is 32.1. The van der Waals surface area contributed by atoms with Crippen molar-refractivity contribution in [1.29, 1.82) is 0 Å². The topological polar surface area (TPSA) is 199 Å². The van der Waals surface area contributed by atoms with E-state index in [0.717, 1.165) is 16.6 Å². The molecule has 6 N–H and O–H groups in total. The number of ether oxygens (including phenoxy) is 1. The van der Waals surface area contributed by atoms with E-state index in [1.807, 2.05) is 72.8 Å². The summed E-state index contributed by atoms with van der Waals surface area (Å²) in [5, 5.41) is 38.4. The van der Waals surface area contributed by atoms with Crippen LogP contribution >= 0.6 is 0 Å². The molecule has 9 rings (SSSR count). The van der Waals surface area contributed by atoms with Crippen LogP contribution in [0.3, 0.4) is 0 Å². The molecule has 8 bridgehead atoms. The van der Waals surface area contributed by atoms with E-state index in [4.69, 9.17) is 14.7 Å². The fourth-order valence-corrected chi connectivity index (χ4v) is 7.64. The molecule has 0 saturated heterocycles. The number of nitrogens with one attached hydrogen (secondary N) is 2. The van der Waals surface area contributed by atoms with E-state index < -0.39 is 17.9 Å². The van der Waals surface area contributed by atoms with Crippen molar-refractivity contribution in [2.45, 2.75) is 0 Å². The molecule has 0 atom stereocenters. The first-order valence-corrected chi connectivity index (χ1v) is 19.2. The van der Waals surface area contributed by atoms with E-state index in [1.54, 1.807) is 72.8 Å². The van der Waals surface area contributed by atoms with Crippen molar-refractivity contribution in [2.75, 3.05) is 13.2 Å². The third kappa shape index (κ3) is 7.35. The fourth-order valence-electron chi connectivity index (χ4n) is 7.64. The van der Waals surface area contributed by atoms with Gasteiger partial charge in [-0.1, -0.05) is 48.5 Å². The number of aromatic nitrogens is 4. The molecular formula is C49H34N4O8. The maximum Gasteiger partial charge on any atom is 0.335 e. The molecule has 12 heteroatoms. The van der Waals surface area contributed by atoms with Crippen LogP contribution in [0.25, 0.3) is 90.9 Å². The second kappa shape index (κ2) is 15.8. The Hall–Kier alpha value is -8.35. The van der Waals surface area contributed by atoms with Gasteiger partial charge < -0.3 is 35.1 Å². The normalized spacial score (nSPS) is 11.8. The molecule has 4 aromatic carbocycles. The first-order chi connectivity index (χ1) is 29.6. The number of aromatic carboxylic acids is 3. The van der Waals surface area contributed by atoms with Crippen LogP contribution in [0.1, 0.15) is 53.8 Å². The second-order valence-electron chi connectivity index (χ2n) is 14.2. The van der Waals surface area contributed by atoms with E-state index in [9.17, 15) is 34.8 Å². The number of carboxylic acids is 3. The van der Waals surface area contributed by atoms with Crippen LogP contribution in [0.15, 0.2) is 121 Å². The summed E-state index contributed by atoms with van der Waals surface area (Å²) in [4.78, 5) is 53.2. The first-order valence-electron chi connectivity index (χ1n) is 19.2. The van der Waals surface area contributed by atoms with Gasteiger partial charge in [0.15, 0.2) is 0 Å². The Bertz CT molecular complexity index is 3070. The SMILES string of the molecule is O=C(O)c1ccc(-c2c3nc(c(-c4ccc(C(=O)O)cc4)c4ccc([nH]4)c(-c4ccc(C(=O)O)cc4)c4nc(c(-c5ccc(OCCO)cc5)c5ccc2[nH]5)C=C4)C=C3)cc1. The number of hydrogen-bond acceptors (Lipinski definition) is 7. The van der Waals surface area contributed by atoms with Crippen LogP contribution in [0.2, 0.25) is 0 Å². The van der Waals surface area contributed by atoms with E-state index in [1.165, 1.54) is 0 Å². The lowest BCUT2D eigenvalue weighted by Crippen LogP contribution is -2.01. The molecule has 0 spiro atoms. The Kier molecular flexibility index (Phi) is 9.87. The van der Waals surface area contributed by atoms with E-state index >= 15 is 0 Å². The Labute approximate surface area is 347 Å². The van der Waals surface area contributed by atoms with Crippen LogP contribution in [-0.2, 0) is 0 Å². The van der Waals surface area contributed by atoms with Crippen molar-refractivity contribution in [3.8, 4) is 50.3 Å². The standard InChI is InChI=1S/C49H34N4O8/c54-25-26-61-34-15-13-30(14-16-34)46-41-23-21-39(52-41)44(28-3-9-32(10-4-28)48(57)58)37-19-17-35(50-37)43(27-1-7-31(8-2-27)47(55)56)36-18-20-38(51-36)45(40-22-24-42(46)53-40)29-5-11-33(12-6-29)49(59)60/h1-24,50,53-54H,25-26H2,(H,55,56)(H,57,58)(H,59,60). The molecule has 0 radical (unpaired) electrons. The van der Waals surface area contributed by atoms with Crippen molar-refractivity contribution < 1.29 is 39.5 Å². The Morgan fingerprint density at radius 3 is 0.967 bits per heavy atom. The number of nitrogens with zero attached hydrogens (tertiary/aromatic N) is 2. The number of aliphatic hydroxyl groups excluding tert-OH is 1. The predicted octanol–water partition coefficient (Wildman–Crippen LogP) is 9.79. The number of benzene rings is 4. The van der Waals surface area contributed by atoms with Gasteiger partial charge in [-0.3, -0.25) is 0 Å². The van der Waals surface area contributed by atoms with Crippen LogP contribution in [0, 0.1) is 0 Å². The lowest BCUT2D eigenvalue weighted by Gasteiger charge is -2.08. The van der Waals surface area contributed by atoms with Gasteiger partial charge in [0.1, 0.15) is 12.4 Å². The number of fused-ring (bicyclic) bond motifs is 8. The third-order valence-corrected chi connectivity index (χ3v) is 10.5. The number of aliphatic hydroxyl groups is 1. The Balaban J connectivity index is 1.41. The summed E-state index contributed by atoms with van der Waals surface area (Å²) < 4.78 is 5.67. The van der Waals surface area contributed by atoms with E-state index in [0.29, 0.717) is 78.5 Å². The third-order valence-electron chi connectivity index (χ3n) is 10.5. The predicted molar refractivity (Wildman–Crippen MR) is 234 cm³/mol. The molecule has 0 unspecified atom stereocenters. The molecule has 3 aromatic heterocycles. The average molecular weight is 807 g/mol. The maximum atomic E-state index is 11.9. The molecule has 2 aliphatic heterocycles. The Morgan fingerprint density at radius 1 is 0.426 bits per heavy atom. The summed E-state index contributed by atoms with van der Waals surface area (Å²) in [7, 11) is 0. The van der Waals surface area contributed by atoms with Crippen molar-refractivity contribution in [2.24, 2.45) is 0 Å². The molecule has 61 heavy (non-hydrogen) atoms. The molecule has 0 fully saturated rings. The summed E-state index contributed by atoms with van der Waals surface area (Å²) in [5.74, 6) is -2.56. The zero-order chi connectivity index (χ0) is 42.2. The second-order valence-corrected chi connectivity index (χ2v) is 14.2. The summed E-state index contributed by atoms with van der Waals surface area (Å²) in [6.07, 6.45) is 7.63. The van der Waals surface area contributed by atoms with Crippen LogP contribution < -0.4 is 4.74 Å². The fraction of sp³-hybridized carbons (Fsp3) is 0.0408. The summed E-state index contributed by atoms with van der Waals surface area (Å²) in [5.41, 5.74) is 11.4. The average Bonchev–Trinajstić information content (AvgIpc) is 4.12. The van der Waals surface area contributed by atoms with Crippen molar-refractivity contribution in [1.82, 2.24) is 19.9 Å². The Morgan fingerprint density at radius 2 is 0.705 bits per heavy atom. The van der Waals surface area contributed by atoms with Gasteiger partial charge in [0.25, 0.3) is 0 Å². The number of hydrogen-bond donors (Lipinski definition) is 6. The van der Waals surface area contributed by atoms with Crippen molar-refractivity contribution in [3.63, 3.8) is 0 Å². The highest BCUT2D eigenvalue weighted by molar-refractivity contribution is 6.01. The number of aromatic amines is 2. The van der Waals surface area contributed by atoms with Crippen LogP contribution in [-0.4, -0.2) is 71.5 Å². The largest absolute Gasteiger partial charge is 0.491 e. The summed E-state index contributed by atoms with van der Waals surface area (Å²) in [6, 6.07) is 35.0. The molecule has 7 aromatic rings. The van der Waals surface area contributed by atoms with Gasteiger partial charge in [-0.15, -0.1) is 0 Å². The minimum Gasteiger partial charge on any atom is -0.491 e. The van der Waals surface area contributed by atoms with Gasteiger partial charge in [-0.25, -0.2) is 24.4 Å². The van der Waals surface area contributed by atoms with Crippen molar-refractivity contribution >= 4 is 64.3 Å². The zero-order valence-electron chi connectivity index (χ0n) is 32.1. The highest BCUT2D eigenvalue weighted by Crippen LogP contribution is 2.39. The summed E-state index contributed by atoms with van der Waals surface area (Å²) in [6.45, 7) is 0.0254. The molecular weight excluding hydrogens is 773 g/mol. The van der Waals surface area contributed by atoms with Gasteiger partial charge in [-0.05, 0) is 119 Å². The van der Waals surface area contributed by atoms with Crippen molar-refractivity contribution in [3.05, 3.63) is 161 Å². The highest BCUT2D eigenvalue weighted by Gasteiger charge is 2.20. The van der Waals surface area contributed by atoms with Gasteiger partial charge in [-0.2, -0.15) is 0 Å². The smallest absolute Gasteiger partial charge is 0.335 e. The molecule has 0 saturated carbocycles. The van der Waals surface area contributed by atoms with Gasteiger partial charge in [0.2, 0.25) is 0 Å². The van der Waals surface area contributed by atoms with Crippen LogP contribution in [0.5, 0.6) is 5.75 Å². The maximum absolute atomic E-state index is 11.9. The lowest BCUT2D eigenvalue weighted by molar-refractivity contribution is 0.0686. The van der Waals surface area contributed by atoms with Gasteiger partial charge in [0.05, 0.1) is 46.1 Å². The minimum atomic E-state index is -1.05. The quantitative estimate of drug-likeness (QED) is 0.0773. The lowest BCUT2D eigenvalue weighted by atomic mass is 10.0. The van der Waals surface area contributed by atoms with Crippen LogP contribution in [0.4, 0.5) is 0 Å². The van der Waals surface area contributed by atoms with E-state index in [2.05, 4.69) is 9.97 Å². The minimum absolute atomic E-state index is 0.123. The number of carboxylic acid groups (broad SMARTS) is 3. The molecule has 2 aliphatic rings. The summed E-state index contributed by atoms with van der Waals surface area (Å²) >= 11 is 0. The van der Waals surface area contributed by atoms with Gasteiger partial charge in [0, 0.05) is 44.3 Å². The molecule has 12 nitrogen and oxygen atoms in total. The molecule has 0 amide bonds. The number of rotatable bonds is 10.